The van der Waals surface area contributed by atoms with Gasteiger partial charge in [0.05, 0.1) is 18.8 Å². The zero-order valence-corrected chi connectivity index (χ0v) is 9.71. The third-order valence-electron chi connectivity index (χ3n) is 2.12. The van der Waals surface area contributed by atoms with Crippen molar-refractivity contribution < 1.29 is 14.3 Å². The number of amides is 1. The Morgan fingerprint density at radius 2 is 2.18 bits per heavy atom. The van der Waals surface area contributed by atoms with Crippen LogP contribution in [-0.2, 0) is 14.3 Å². The fourth-order valence-electron chi connectivity index (χ4n) is 1.19. The maximum absolute atomic E-state index is 11.6. The van der Waals surface area contributed by atoms with Gasteiger partial charge in [0.2, 0.25) is 5.91 Å². The number of hydrogen-bond acceptors (Lipinski definition) is 5. The number of ether oxygens (including phenoxy) is 1. The quantitative estimate of drug-likeness (QED) is 0.705. The molecule has 0 saturated carbocycles. The first kappa shape index (κ1) is 13.1. The Labute approximate surface area is 99.2 Å². The van der Waals surface area contributed by atoms with Gasteiger partial charge < -0.3 is 15.8 Å². The topological polar surface area (TPSA) is 94.3 Å². The minimum atomic E-state index is -0.931. The monoisotopic (exact) mass is 237 g/mol. The first-order chi connectivity index (χ1) is 8.06. The van der Waals surface area contributed by atoms with E-state index >= 15 is 0 Å². The van der Waals surface area contributed by atoms with Crippen LogP contribution in [0.3, 0.4) is 0 Å². The molecule has 0 bridgehead atoms. The van der Waals surface area contributed by atoms with Crippen molar-refractivity contribution in [2.75, 3.05) is 7.11 Å². The van der Waals surface area contributed by atoms with E-state index in [0.29, 0.717) is 5.69 Å². The van der Waals surface area contributed by atoms with E-state index in [4.69, 9.17) is 5.73 Å². The predicted octanol–water partition coefficient (Wildman–Crippen LogP) is -0.241. The Morgan fingerprint density at radius 3 is 2.65 bits per heavy atom. The molecule has 0 spiro atoms. The van der Waals surface area contributed by atoms with E-state index in [0.717, 1.165) is 0 Å². The zero-order valence-electron chi connectivity index (χ0n) is 9.71. The summed E-state index contributed by atoms with van der Waals surface area (Å²) in [6.45, 7) is 1.53. The normalized spacial score (nSPS) is 13.6. The van der Waals surface area contributed by atoms with Gasteiger partial charge in [-0.25, -0.2) is 4.79 Å². The summed E-state index contributed by atoms with van der Waals surface area (Å²) in [5.74, 6) is -1.02. The Bertz CT molecular complexity index is 392. The number of aromatic nitrogens is 1. The molecule has 2 atom stereocenters. The number of nitrogens with one attached hydrogen (secondary N) is 1. The number of carbonyl (C=O) groups is 2. The number of pyridine rings is 1. The van der Waals surface area contributed by atoms with Crippen LogP contribution in [0.1, 0.15) is 18.7 Å². The van der Waals surface area contributed by atoms with Crippen LogP contribution in [0.5, 0.6) is 0 Å². The van der Waals surface area contributed by atoms with Crippen LogP contribution < -0.4 is 11.1 Å². The molecule has 0 aliphatic heterocycles. The number of nitrogens with two attached hydrogens (primary N) is 1. The molecule has 17 heavy (non-hydrogen) atoms. The molecule has 1 amide bonds. The van der Waals surface area contributed by atoms with Crippen molar-refractivity contribution in [3.05, 3.63) is 30.1 Å². The van der Waals surface area contributed by atoms with Gasteiger partial charge in [0.1, 0.15) is 0 Å². The first-order valence-corrected chi connectivity index (χ1v) is 5.11. The highest BCUT2D eigenvalue weighted by Crippen LogP contribution is 2.11. The van der Waals surface area contributed by atoms with E-state index < -0.39 is 24.0 Å². The van der Waals surface area contributed by atoms with E-state index in [2.05, 4.69) is 15.0 Å². The van der Waals surface area contributed by atoms with E-state index in [1.807, 2.05) is 0 Å². The highest BCUT2D eigenvalue weighted by molar-refractivity contribution is 5.87. The van der Waals surface area contributed by atoms with Crippen LogP contribution in [0.2, 0.25) is 0 Å². The van der Waals surface area contributed by atoms with Crippen molar-refractivity contribution in [3.8, 4) is 0 Å². The molecule has 1 unspecified atom stereocenters. The van der Waals surface area contributed by atoms with Gasteiger partial charge in [0.25, 0.3) is 0 Å². The van der Waals surface area contributed by atoms with Crippen LogP contribution in [0, 0.1) is 0 Å². The standard InChI is InChI=1S/C11H15N3O3/c1-7(12)10(15)14-9(11(16)17-2)8-5-3-4-6-13-8/h3-7,9H,12H2,1-2H3,(H,14,15)/t7-,9?/m0/s1. The molecule has 92 valence electrons. The van der Waals surface area contributed by atoms with Crippen molar-refractivity contribution in [1.82, 2.24) is 10.3 Å². The summed E-state index contributed by atoms with van der Waals surface area (Å²) < 4.78 is 4.61. The summed E-state index contributed by atoms with van der Waals surface area (Å²) in [7, 11) is 1.25. The van der Waals surface area contributed by atoms with Crippen LogP contribution in [0.4, 0.5) is 0 Å². The molecule has 0 aliphatic rings. The highest BCUT2D eigenvalue weighted by Gasteiger charge is 2.25. The van der Waals surface area contributed by atoms with Crippen molar-refractivity contribution in [2.45, 2.75) is 19.0 Å². The molecule has 3 N–H and O–H groups in total. The summed E-state index contributed by atoms with van der Waals surface area (Å²) >= 11 is 0. The Morgan fingerprint density at radius 1 is 1.47 bits per heavy atom. The predicted molar refractivity (Wildman–Crippen MR) is 60.8 cm³/mol. The van der Waals surface area contributed by atoms with Crippen LogP contribution in [0.15, 0.2) is 24.4 Å². The van der Waals surface area contributed by atoms with Gasteiger partial charge >= 0.3 is 5.97 Å². The van der Waals surface area contributed by atoms with Crippen molar-refractivity contribution in [3.63, 3.8) is 0 Å². The van der Waals surface area contributed by atoms with Gasteiger partial charge in [-0.1, -0.05) is 6.07 Å². The number of carbonyl (C=O) groups excluding carboxylic acids is 2. The number of nitrogens with zero attached hydrogens (tertiary/aromatic N) is 1. The van der Waals surface area contributed by atoms with Gasteiger partial charge in [0.15, 0.2) is 6.04 Å². The number of hydrogen-bond donors (Lipinski definition) is 2. The summed E-state index contributed by atoms with van der Waals surface area (Å²) in [4.78, 5) is 27.0. The molecule has 1 aromatic heterocycles. The lowest BCUT2D eigenvalue weighted by Gasteiger charge is -2.17. The maximum Gasteiger partial charge on any atom is 0.334 e. The van der Waals surface area contributed by atoms with Gasteiger partial charge in [-0.2, -0.15) is 0 Å². The summed E-state index contributed by atoms with van der Waals surface area (Å²) in [6.07, 6.45) is 1.53. The van der Waals surface area contributed by atoms with Gasteiger partial charge in [-0.05, 0) is 19.1 Å². The molecule has 0 fully saturated rings. The molecule has 1 rings (SSSR count). The molecule has 0 saturated heterocycles. The number of esters is 1. The van der Waals surface area contributed by atoms with E-state index in [-0.39, 0.29) is 0 Å². The Balaban J connectivity index is 2.90. The second-order valence-electron chi connectivity index (χ2n) is 3.51. The number of rotatable bonds is 4. The summed E-state index contributed by atoms with van der Waals surface area (Å²) in [5, 5.41) is 2.48. The second kappa shape index (κ2) is 5.95. The zero-order chi connectivity index (χ0) is 12.8. The van der Waals surface area contributed by atoms with Gasteiger partial charge in [-0.15, -0.1) is 0 Å². The fourth-order valence-corrected chi connectivity index (χ4v) is 1.19. The van der Waals surface area contributed by atoms with E-state index in [9.17, 15) is 9.59 Å². The lowest BCUT2D eigenvalue weighted by molar-refractivity contribution is -0.145. The lowest BCUT2D eigenvalue weighted by Crippen LogP contribution is -2.43. The van der Waals surface area contributed by atoms with Crippen molar-refractivity contribution >= 4 is 11.9 Å². The molecule has 0 aliphatic carbocycles. The summed E-state index contributed by atoms with van der Waals surface area (Å²) in [6, 6.07) is 3.43. The minimum Gasteiger partial charge on any atom is -0.467 e. The first-order valence-electron chi connectivity index (χ1n) is 5.11. The van der Waals surface area contributed by atoms with Crippen LogP contribution in [0.25, 0.3) is 0 Å². The number of methoxy groups -OCH3 is 1. The molecule has 6 nitrogen and oxygen atoms in total. The molecule has 6 heteroatoms. The fraction of sp³-hybridized carbons (Fsp3) is 0.364. The molecule has 1 aromatic rings. The van der Waals surface area contributed by atoms with E-state index in [1.165, 1.54) is 20.2 Å². The summed E-state index contributed by atoms with van der Waals surface area (Å²) in [5.41, 5.74) is 5.83. The largest absolute Gasteiger partial charge is 0.467 e. The Kier molecular flexibility index (Phi) is 4.59. The van der Waals surface area contributed by atoms with Crippen LogP contribution >= 0.6 is 0 Å². The second-order valence-corrected chi connectivity index (χ2v) is 3.51. The Hall–Kier alpha value is -1.95. The average Bonchev–Trinajstić information content (AvgIpc) is 2.35. The third kappa shape index (κ3) is 3.53. The molecule has 1 heterocycles. The van der Waals surface area contributed by atoms with Crippen molar-refractivity contribution in [1.29, 1.82) is 0 Å². The molecule has 0 aromatic carbocycles. The van der Waals surface area contributed by atoms with E-state index in [1.54, 1.807) is 18.2 Å². The SMILES string of the molecule is COC(=O)C(NC(=O)[C@H](C)N)c1ccccn1. The molecular weight excluding hydrogens is 222 g/mol. The van der Waals surface area contributed by atoms with Gasteiger partial charge in [0, 0.05) is 6.20 Å². The lowest BCUT2D eigenvalue weighted by atomic mass is 10.1. The van der Waals surface area contributed by atoms with Gasteiger partial charge in [-0.3, -0.25) is 9.78 Å². The average molecular weight is 237 g/mol. The highest BCUT2D eigenvalue weighted by atomic mass is 16.5. The molecular formula is C11H15N3O3. The minimum absolute atomic E-state index is 0.411. The van der Waals surface area contributed by atoms with Crippen molar-refractivity contribution in [2.24, 2.45) is 5.73 Å². The third-order valence-corrected chi connectivity index (χ3v) is 2.12. The smallest absolute Gasteiger partial charge is 0.334 e. The maximum atomic E-state index is 11.6. The molecule has 0 radical (unpaired) electrons. The van der Waals surface area contributed by atoms with Crippen LogP contribution in [-0.4, -0.2) is 30.0 Å².